The summed E-state index contributed by atoms with van der Waals surface area (Å²) < 4.78 is 10.8. The zero-order chi connectivity index (χ0) is 21.6. The van der Waals surface area contributed by atoms with E-state index in [1.807, 2.05) is 6.07 Å². The number of hydrogen-bond acceptors (Lipinski definition) is 8. The van der Waals surface area contributed by atoms with Crippen LogP contribution in [0.15, 0.2) is 18.3 Å². The van der Waals surface area contributed by atoms with Crippen molar-refractivity contribution < 1.29 is 9.47 Å². The lowest BCUT2D eigenvalue weighted by molar-refractivity contribution is 0.246. The smallest absolute Gasteiger partial charge is 0.220 e. The molecule has 0 amide bonds. The second kappa shape index (κ2) is 7.94. The van der Waals surface area contributed by atoms with Crippen molar-refractivity contribution in [2.45, 2.75) is 6.04 Å². The average Bonchev–Trinajstić information content (AvgIpc) is 2.67. The molecular weight excluding hydrogens is 427 g/mol. The van der Waals surface area contributed by atoms with Gasteiger partial charge in [-0.15, -0.1) is 0 Å². The van der Waals surface area contributed by atoms with Crippen LogP contribution in [0.4, 0.5) is 11.8 Å². The summed E-state index contributed by atoms with van der Waals surface area (Å²) in [6.07, 6.45) is 1.68. The molecule has 1 aromatic carbocycles. The quantitative estimate of drug-likeness (QED) is 0.635. The molecule has 0 bridgehead atoms. The molecule has 0 spiro atoms. The molecule has 1 aliphatic heterocycles. The highest BCUT2D eigenvalue weighted by Gasteiger charge is 2.32. The highest BCUT2D eigenvalue weighted by Crippen LogP contribution is 2.46. The van der Waals surface area contributed by atoms with Gasteiger partial charge in [0.1, 0.15) is 17.0 Å². The fraction of sp³-hybridized carbons (Fsp3) is 0.350. The van der Waals surface area contributed by atoms with E-state index in [-0.39, 0.29) is 5.95 Å². The fourth-order valence-electron chi connectivity index (χ4n) is 3.45. The molecule has 3 heterocycles. The Labute approximate surface area is 184 Å². The first-order valence-corrected chi connectivity index (χ1v) is 10.0. The van der Waals surface area contributed by atoms with Crippen LogP contribution in [-0.4, -0.2) is 67.3 Å². The van der Waals surface area contributed by atoms with Crippen LogP contribution in [0.2, 0.25) is 10.0 Å². The lowest BCUT2D eigenvalue weighted by Gasteiger charge is -2.43. The number of ether oxygens (including phenoxy) is 2. The van der Waals surface area contributed by atoms with Gasteiger partial charge >= 0.3 is 0 Å². The Morgan fingerprint density at radius 3 is 2.27 bits per heavy atom. The van der Waals surface area contributed by atoms with Gasteiger partial charge in [-0.2, -0.15) is 0 Å². The largest absolute Gasteiger partial charge is 0.495 e. The van der Waals surface area contributed by atoms with E-state index in [0.717, 1.165) is 18.5 Å². The number of rotatable bonds is 5. The number of likely N-dealkylation sites (N-methyl/N-ethyl adjacent to an activating group) is 1. The minimum absolute atomic E-state index is 0.196. The molecule has 0 atom stereocenters. The van der Waals surface area contributed by atoms with Crippen molar-refractivity contribution in [3.63, 3.8) is 0 Å². The van der Waals surface area contributed by atoms with Gasteiger partial charge < -0.3 is 25.0 Å². The third-order valence-corrected chi connectivity index (χ3v) is 6.04. The zero-order valence-corrected chi connectivity index (χ0v) is 18.6. The summed E-state index contributed by atoms with van der Waals surface area (Å²) in [6.45, 7) is 1.65. The van der Waals surface area contributed by atoms with Crippen LogP contribution in [0.5, 0.6) is 11.5 Å². The molecule has 158 valence electrons. The number of halogens is 2. The molecule has 0 saturated carbocycles. The molecule has 2 N–H and O–H groups in total. The number of hydrogen-bond donors (Lipinski definition) is 1. The number of benzene rings is 1. The van der Waals surface area contributed by atoms with Crippen molar-refractivity contribution in [1.82, 2.24) is 19.9 Å². The molecule has 0 radical (unpaired) electrons. The number of nitrogen functional groups attached to an aromatic ring is 1. The van der Waals surface area contributed by atoms with Crippen molar-refractivity contribution in [1.29, 1.82) is 0 Å². The number of fused-ring (bicyclic) bond motifs is 1. The molecule has 2 aromatic heterocycles. The van der Waals surface area contributed by atoms with E-state index in [4.69, 9.17) is 43.4 Å². The van der Waals surface area contributed by atoms with Crippen molar-refractivity contribution in [2.24, 2.45) is 0 Å². The first-order valence-electron chi connectivity index (χ1n) is 9.29. The number of nitrogens with zero attached hydrogens (tertiary/aromatic N) is 5. The van der Waals surface area contributed by atoms with Gasteiger partial charge in [-0.05, 0) is 20.2 Å². The van der Waals surface area contributed by atoms with Crippen LogP contribution >= 0.6 is 23.2 Å². The first-order chi connectivity index (χ1) is 14.3. The van der Waals surface area contributed by atoms with Gasteiger partial charge in [-0.1, -0.05) is 23.2 Å². The summed E-state index contributed by atoms with van der Waals surface area (Å²) in [5.41, 5.74) is 7.64. The molecule has 1 aliphatic rings. The van der Waals surface area contributed by atoms with Crippen LogP contribution in [0, 0.1) is 0 Å². The maximum Gasteiger partial charge on any atom is 0.220 e. The maximum atomic E-state index is 6.62. The lowest BCUT2D eigenvalue weighted by Crippen LogP contribution is -2.57. The van der Waals surface area contributed by atoms with Crippen LogP contribution < -0.4 is 20.1 Å². The highest BCUT2D eigenvalue weighted by atomic mass is 35.5. The predicted molar refractivity (Wildman–Crippen MR) is 120 cm³/mol. The van der Waals surface area contributed by atoms with Gasteiger partial charge in [0.2, 0.25) is 5.95 Å². The van der Waals surface area contributed by atoms with Crippen molar-refractivity contribution in [2.75, 3.05) is 52.0 Å². The summed E-state index contributed by atoms with van der Waals surface area (Å²) in [5, 5.41) is 1.49. The first kappa shape index (κ1) is 20.7. The lowest BCUT2D eigenvalue weighted by atomic mass is 10.1. The van der Waals surface area contributed by atoms with E-state index < -0.39 is 0 Å². The van der Waals surface area contributed by atoms with Gasteiger partial charge in [0, 0.05) is 42.3 Å². The minimum Gasteiger partial charge on any atom is -0.495 e. The van der Waals surface area contributed by atoms with Crippen LogP contribution in [0.25, 0.3) is 22.2 Å². The van der Waals surface area contributed by atoms with Gasteiger partial charge in [-0.25, -0.2) is 15.0 Å². The number of nitrogens with two attached hydrogens (primary N) is 1. The minimum atomic E-state index is 0.196. The average molecular weight is 449 g/mol. The van der Waals surface area contributed by atoms with Crippen molar-refractivity contribution >= 4 is 45.9 Å². The third kappa shape index (κ3) is 3.45. The molecular formula is C20H22Cl2N6O2. The Kier molecular flexibility index (Phi) is 5.48. The summed E-state index contributed by atoms with van der Waals surface area (Å²) >= 11 is 13.2. The third-order valence-electron chi connectivity index (χ3n) is 5.29. The second-order valence-electron chi connectivity index (χ2n) is 7.30. The van der Waals surface area contributed by atoms with Gasteiger partial charge in [-0.3, -0.25) is 0 Å². The number of pyridine rings is 1. The fourth-order valence-corrected chi connectivity index (χ4v) is 4.14. The van der Waals surface area contributed by atoms with Crippen LogP contribution in [0.1, 0.15) is 0 Å². The van der Waals surface area contributed by atoms with E-state index in [9.17, 15) is 0 Å². The Hall–Kier alpha value is -2.55. The van der Waals surface area contributed by atoms with Gasteiger partial charge in [0.05, 0.1) is 30.0 Å². The molecule has 3 aromatic rings. The van der Waals surface area contributed by atoms with E-state index >= 15 is 0 Å². The molecule has 10 heteroatoms. The summed E-state index contributed by atoms with van der Waals surface area (Å²) in [7, 11) is 7.20. The molecule has 8 nitrogen and oxygen atoms in total. The van der Waals surface area contributed by atoms with Crippen LogP contribution in [0.3, 0.4) is 0 Å². The molecule has 1 saturated heterocycles. The van der Waals surface area contributed by atoms with E-state index in [0.29, 0.717) is 50.2 Å². The molecule has 0 unspecified atom stereocenters. The standard InChI is InChI=1S/C20H22Cl2N6O2/c1-27(2)11-8-28(9-11)19-18-10(7-24-20(23)26-18)5-12(25-19)15-16(21)13(29-3)6-14(30-4)17(15)22/h5-7,11H,8-9H2,1-4H3,(H2,23,24,26). The number of anilines is 2. The van der Waals surface area contributed by atoms with Gasteiger partial charge in [0.25, 0.3) is 0 Å². The monoisotopic (exact) mass is 448 g/mol. The van der Waals surface area contributed by atoms with Gasteiger partial charge in [0.15, 0.2) is 5.82 Å². The SMILES string of the molecule is COc1cc(OC)c(Cl)c(-c2cc3cnc(N)nc3c(N3CC(N(C)C)C3)n2)c1Cl. The molecule has 30 heavy (non-hydrogen) atoms. The van der Waals surface area contributed by atoms with Crippen LogP contribution in [-0.2, 0) is 0 Å². The number of methoxy groups -OCH3 is 2. The zero-order valence-electron chi connectivity index (χ0n) is 17.1. The van der Waals surface area contributed by atoms with Crippen molar-refractivity contribution in [3.05, 3.63) is 28.4 Å². The topological polar surface area (TPSA) is 89.6 Å². The Balaban J connectivity index is 1.93. The van der Waals surface area contributed by atoms with Crippen molar-refractivity contribution in [3.8, 4) is 22.8 Å². The Morgan fingerprint density at radius 2 is 1.70 bits per heavy atom. The summed E-state index contributed by atoms with van der Waals surface area (Å²) in [6, 6.07) is 3.93. The molecule has 0 aliphatic carbocycles. The number of aromatic nitrogens is 3. The summed E-state index contributed by atoms with van der Waals surface area (Å²) in [5.74, 6) is 1.80. The Bertz CT molecular complexity index is 1090. The van der Waals surface area contributed by atoms with E-state index in [1.54, 1.807) is 12.3 Å². The van der Waals surface area contributed by atoms with E-state index in [2.05, 4.69) is 33.9 Å². The highest BCUT2D eigenvalue weighted by molar-refractivity contribution is 6.41. The second-order valence-corrected chi connectivity index (χ2v) is 8.06. The normalized spacial score (nSPS) is 14.3. The molecule has 1 fully saturated rings. The predicted octanol–water partition coefficient (Wildman–Crippen LogP) is 3.35. The van der Waals surface area contributed by atoms with E-state index in [1.165, 1.54) is 14.2 Å². The Morgan fingerprint density at radius 1 is 1.07 bits per heavy atom. The maximum absolute atomic E-state index is 6.62. The molecule has 4 rings (SSSR count). The summed E-state index contributed by atoms with van der Waals surface area (Å²) in [4.78, 5) is 17.8.